The van der Waals surface area contributed by atoms with Crippen LogP contribution < -0.4 is 4.98 Å². The van der Waals surface area contributed by atoms with E-state index in [1.807, 2.05) is 37.3 Å². The monoisotopic (exact) mass is 273 g/mol. The van der Waals surface area contributed by atoms with Gasteiger partial charge in [-0.05, 0) is 19.1 Å². The van der Waals surface area contributed by atoms with Crippen LogP contribution in [-0.4, -0.2) is 18.4 Å². The summed E-state index contributed by atoms with van der Waals surface area (Å²) in [5.74, 6) is 0.740. The minimum atomic E-state index is -1.47. The average Bonchev–Trinajstić information content (AvgIpc) is 2.73. The first-order valence-electron chi connectivity index (χ1n) is 6.29. The molecule has 0 atom stereocenters. The van der Waals surface area contributed by atoms with Crippen LogP contribution in [0.1, 0.15) is 17.1 Å². The summed E-state index contributed by atoms with van der Waals surface area (Å²) in [7, 11) is -1.47. The van der Waals surface area contributed by atoms with E-state index in [0.717, 1.165) is 22.8 Å². The highest BCUT2D eigenvalue weighted by Crippen LogP contribution is 2.16. The number of rotatable bonds is 4. The summed E-state index contributed by atoms with van der Waals surface area (Å²) in [4.78, 5) is 7.98. The van der Waals surface area contributed by atoms with Crippen LogP contribution in [-0.2, 0) is 0 Å². The van der Waals surface area contributed by atoms with Gasteiger partial charge in [0.25, 0.3) is 0 Å². The fraction of sp³-hybridized carbons (Fsp3) is 0.286. The third-order valence-corrected chi connectivity index (χ3v) is 3.40. The van der Waals surface area contributed by atoms with Crippen LogP contribution in [0.5, 0.6) is 0 Å². The molecule has 0 saturated carbocycles. The fourth-order valence-corrected chi connectivity index (χ4v) is 2.70. The highest BCUT2D eigenvalue weighted by molar-refractivity contribution is 6.74. The smallest absolute Gasteiger partial charge is 0.162 e. The Balaban J connectivity index is 2.37. The van der Waals surface area contributed by atoms with Crippen LogP contribution in [0.15, 0.2) is 35.0 Å². The summed E-state index contributed by atoms with van der Waals surface area (Å²) < 4.78 is 5.25. The first-order valence-corrected chi connectivity index (χ1v) is 9.79. The van der Waals surface area contributed by atoms with Gasteiger partial charge < -0.3 is 9.51 Å². The van der Waals surface area contributed by atoms with E-state index in [9.17, 15) is 0 Å². The molecule has 2 heterocycles. The van der Waals surface area contributed by atoms with Crippen LogP contribution in [0.3, 0.4) is 0 Å². The van der Waals surface area contributed by atoms with Crippen molar-refractivity contribution in [2.45, 2.75) is 26.6 Å². The zero-order valence-electron chi connectivity index (χ0n) is 11.8. The summed E-state index contributed by atoms with van der Waals surface area (Å²) in [5, 5.41) is 3.90. The van der Waals surface area contributed by atoms with E-state index >= 15 is 0 Å². The van der Waals surface area contributed by atoms with E-state index in [1.165, 1.54) is 0 Å². The topological polar surface area (TPSA) is 51.0 Å². The summed E-state index contributed by atoms with van der Waals surface area (Å²) >= 11 is 0. The van der Waals surface area contributed by atoms with Gasteiger partial charge in [0.2, 0.25) is 0 Å². The zero-order valence-corrected chi connectivity index (χ0v) is 12.8. The Labute approximate surface area is 114 Å². The number of hydrogen-bond acceptors (Lipinski definition) is 4. The molecule has 2 aromatic heterocycles. The minimum Gasteiger partial charge on any atom is -0.409 e. The first-order chi connectivity index (χ1) is 8.94. The molecule has 2 aromatic rings. The molecule has 0 radical (unpaired) electrons. The number of aromatic nitrogens is 2. The lowest BCUT2D eigenvalue weighted by atomic mass is 10.2. The lowest BCUT2D eigenvalue weighted by molar-refractivity contribution is 0.408. The van der Waals surface area contributed by atoms with Crippen molar-refractivity contribution in [1.82, 2.24) is 15.1 Å². The standard InChI is InChI=1S/C14H19N3OSi/c1-11-9-12(18-16-11)10-14(17-19(2,3)4)13-7-5-6-8-15-13/h5-10,17H,1-4H3/b14-10+. The van der Waals surface area contributed by atoms with Crippen molar-refractivity contribution in [1.29, 1.82) is 0 Å². The van der Waals surface area contributed by atoms with Gasteiger partial charge in [-0.2, -0.15) is 0 Å². The van der Waals surface area contributed by atoms with Crippen molar-refractivity contribution in [2.24, 2.45) is 0 Å². The SMILES string of the molecule is Cc1cc(/C=C(/N[Si](C)(C)C)c2ccccn2)on1. The molecule has 0 bridgehead atoms. The molecule has 0 aromatic carbocycles. The molecule has 100 valence electrons. The normalized spacial score (nSPS) is 12.5. The number of pyridine rings is 1. The van der Waals surface area contributed by atoms with Crippen molar-refractivity contribution in [3.63, 3.8) is 0 Å². The van der Waals surface area contributed by atoms with Gasteiger partial charge in [0.15, 0.2) is 5.76 Å². The van der Waals surface area contributed by atoms with Crippen molar-refractivity contribution >= 4 is 20.0 Å². The molecule has 0 spiro atoms. The van der Waals surface area contributed by atoms with Gasteiger partial charge in [-0.15, -0.1) is 0 Å². The van der Waals surface area contributed by atoms with E-state index in [1.54, 1.807) is 6.20 Å². The maximum absolute atomic E-state index is 5.25. The van der Waals surface area contributed by atoms with Crippen LogP contribution in [0.25, 0.3) is 11.8 Å². The summed E-state index contributed by atoms with van der Waals surface area (Å²) in [6.07, 6.45) is 3.75. The predicted molar refractivity (Wildman–Crippen MR) is 79.8 cm³/mol. The molecule has 5 heteroatoms. The third-order valence-electron chi connectivity index (χ3n) is 2.38. The first kappa shape index (κ1) is 13.5. The Morgan fingerprint density at radius 3 is 2.63 bits per heavy atom. The lowest BCUT2D eigenvalue weighted by Gasteiger charge is -2.21. The van der Waals surface area contributed by atoms with E-state index in [2.05, 4.69) is 34.8 Å². The second kappa shape index (κ2) is 5.40. The van der Waals surface area contributed by atoms with Gasteiger partial charge in [0.1, 0.15) is 8.24 Å². The Kier molecular flexibility index (Phi) is 3.85. The largest absolute Gasteiger partial charge is 0.409 e. The van der Waals surface area contributed by atoms with Gasteiger partial charge in [0.05, 0.1) is 17.1 Å². The molecule has 0 amide bonds. The summed E-state index contributed by atoms with van der Waals surface area (Å²) in [6.45, 7) is 8.65. The molecule has 1 N–H and O–H groups in total. The van der Waals surface area contributed by atoms with Gasteiger partial charge in [-0.1, -0.05) is 30.9 Å². The zero-order chi connectivity index (χ0) is 13.9. The maximum atomic E-state index is 5.25. The number of hydrogen-bond donors (Lipinski definition) is 1. The second-order valence-corrected chi connectivity index (χ2v) is 10.3. The Bertz CT molecular complexity index is 570. The number of nitrogens with one attached hydrogen (secondary N) is 1. The van der Waals surface area contributed by atoms with Gasteiger partial charge in [-0.3, -0.25) is 4.98 Å². The molecule has 2 rings (SSSR count). The third kappa shape index (κ3) is 4.06. The maximum Gasteiger partial charge on any atom is 0.162 e. The van der Waals surface area contributed by atoms with Crippen LogP contribution in [0, 0.1) is 6.92 Å². The predicted octanol–water partition coefficient (Wildman–Crippen LogP) is 3.30. The molecule has 19 heavy (non-hydrogen) atoms. The van der Waals surface area contributed by atoms with Crippen molar-refractivity contribution < 1.29 is 4.52 Å². The van der Waals surface area contributed by atoms with Crippen molar-refractivity contribution in [3.05, 3.63) is 47.6 Å². The summed E-state index contributed by atoms with van der Waals surface area (Å²) in [5.41, 5.74) is 2.77. The van der Waals surface area contributed by atoms with Crippen LogP contribution in [0.2, 0.25) is 19.6 Å². The molecule has 0 fully saturated rings. The van der Waals surface area contributed by atoms with E-state index in [0.29, 0.717) is 0 Å². The Morgan fingerprint density at radius 1 is 1.32 bits per heavy atom. The number of aryl methyl sites for hydroxylation is 1. The second-order valence-electron chi connectivity index (χ2n) is 5.52. The van der Waals surface area contributed by atoms with Crippen molar-refractivity contribution in [2.75, 3.05) is 0 Å². The highest BCUT2D eigenvalue weighted by Gasteiger charge is 2.16. The van der Waals surface area contributed by atoms with Gasteiger partial charge in [0, 0.05) is 18.3 Å². The van der Waals surface area contributed by atoms with E-state index in [4.69, 9.17) is 4.52 Å². The summed E-state index contributed by atoms with van der Waals surface area (Å²) in [6, 6.07) is 7.79. The molecule has 0 unspecified atom stereocenters. The molecular weight excluding hydrogens is 254 g/mol. The fourth-order valence-electron chi connectivity index (χ4n) is 1.69. The Hall–Kier alpha value is -1.88. The lowest BCUT2D eigenvalue weighted by Crippen LogP contribution is -2.39. The molecule has 0 aliphatic rings. The highest BCUT2D eigenvalue weighted by atomic mass is 28.3. The quantitative estimate of drug-likeness (QED) is 0.868. The van der Waals surface area contributed by atoms with Crippen LogP contribution in [0.4, 0.5) is 0 Å². The average molecular weight is 273 g/mol. The van der Waals surface area contributed by atoms with Crippen molar-refractivity contribution in [3.8, 4) is 0 Å². The van der Waals surface area contributed by atoms with E-state index < -0.39 is 8.24 Å². The van der Waals surface area contributed by atoms with Gasteiger partial charge >= 0.3 is 0 Å². The van der Waals surface area contributed by atoms with Crippen LogP contribution >= 0.6 is 0 Å². The van der Waals surface area contributed by atoms with E-state index in [-0.39, 0.29) is 0 Å². The molecule has 0 saturated heterocycles. The molecule has 4 nitrogen and oxygen atoms in total. The molecule has 0 aliphatic heterocycles. The molecule has 0 aliphatic carbocycles. The molecular formula is C14H19N3OSi. The van der Waals surface area contributed by atoms with Gasteiger partial charge in [-0.25, -0.2) is 0 Å². The minimum absolute atomic E-state index is 0.740. The number of nitrogens with zero attached hydrogens (tertiary/aromatic N) is 2. The Morgan fingerprint density at radius 2 is 2.11 bits per heavy atom.